The predicted octanol–water partition coefficient (Wildman–Crippen LogP) is 7.15. The molecule has 3 nitrogen and oxygen atoms in total. The fourth-order valence-corrected chi connectivity index (χ4v) is 4.15. The van der Waals surface area contributed by atoms with Crippen LogP contribution in [0.5, 0.6) is 0 Å². The number of nitrogens with zero attached hydrogens (tertiary/aromatic N) is 3. The van der Waals surface area contributed by atoms with Gasteiger partial charge in [0.2, 0.25) is 0 Å². The van der Waals surface area contributed by atoms with Crippen LogP contribution in [0.15, 0.2) is 54.6 Å². The zero-order chi connectivity index (χ0) is 21.3. The molecule has 1 aromatic heterocycles. The summed E-state index contributed by atoms with van der Waals surface area (Å²) in [6.07, 6.45) is 4.62. The van der Waals surface area contributed by atoms with Crippen LogP contribution in [-0.4, -0.2) is 31.2 Å². The van der Waals surface area contributed by atoms with E-state index in [1.807, 2.05) is 0 Å². The quantitative estimate of drug-likeness (QED) is 0.339. The summed E-state index contributed by atoms with van der Waals surface area (Å²) in [6, 6.07) is 19.8. The van der Waals surface area contributed by atoms with E-state index >= 15 is 0 Å². The summed E-state index contributed by atoms with van der Waals surface area (Å²) in [4.78, 5) is 10.1. The molecule has 1 heterocycles. The van der Waals surface area contributed by atoms with Gasteiger partial charge in [-0.2, -0.15) is 0 Å². The lowest BCUT2D eigenvalue weighted by molar-refractivity contribution is 0.736. The zero-order valence-electron chi connectivity index (χ0n) is 19.2. The summed E-state index contributed by atoms with van der Waals surface area (Å²) in [5, 5.41) is 1.19. The topological polar surface area (TPSA) is 19.4 Å². The fourth-order valence-electron chi connectivity index (χ4n) is 4.15. The second-order valence-electron chi connectivity index (χ2n) is 8.10. The highest BCUT2D eigenvalue weighted by molar-refractivity contribution is 5.83. The molecule has 3 heteroatoms. The number of fused-ring (bicyclic) bond motifs is 1. The number of rotatable bonds is 11. The molecule has 0 aliphatic rings. The third kappa shape index (κ3) is 5.33. The molecule has 0 spiro atoms. The third-order valence-electron chi connectivity index (χ3n) is 5.50. The van der Waals surface area contributed by atoms with E-state index in [0.717, 1.165) is 63.1 Å². The van der Waals surface area contributed by atoms with E-state index in [-0.39, 0.29) is 0 Å². The van der Waals surface area contributed by atoms with Gasteiger partial charge in [0, 0.05) is 48.5 Å². The van der Waals surface area contributed by atoms with Crippen LogP contribution in [0.3, 0.4) is 0 Å². The van der Waals surface area contributed by atoms with Crippen molar-refractivity contribution in [2.45, 2.75) is 53.4 Å². The van der Waals surface area contributed by atoms with Gasteiger partial charge in [-0.05, 0) is 56.0 Å². The van der Waals surface area contributed by atoms with Crippen LogP contribution in [0.25, 0.3) is 22.2 Å². The van der Waals surface area contributed by atoms with E-state index in [1.54, 1.807) is 0 Å². The normalized spacial score (nSPS) is 11.1. The number of pyridine rings is 1. The van der Waals surface area contributed by atoms with Crippen molar-refractivity contribution in [2.75, 3.05) is 36.0 Å². The first kappa shape index (κ1) is 22.1. The minimum absolute atomic E-state index is 1.05. The van der Waals surface area contributed by atoms with Crippen molar-refractivity contribution < 1.29 is 0 Å². The highest BCUT2D eigenvalue weighted by Crippen LogP contribution is 2.32. The van der Waals surface area contributed by atoms with Crippen molar-refractivity contribution >= 4 is 22.3 Å². The molecule has 0 saturated carbocycles. The summed E-state index contributed by atoms with van der Waals surface area (Å²) in [7, 11) is 0. The lowest BCUT2D eigenvalue weighted by Gasteiger charge is -2.29. The molecule has 0 aliphatic carbocycles. The van der Waals surface area contributed by atoms with Crippen LogP contribution in [0.4, 0.5) is 11.4 Å². The van der Waals surface area contributed by atoms with Crippen molar-refractivity contribution in [3.05, 3.63) is 54.6 Å². The zero-order valence-corrected chi connectivity index (χ0v) is 19.2. The van der Waals surface area contributed by atoms with Gasteiger partial charge in [0.05, 0.1) is 11.2 Å². The van der Waals surface area contributed by atoms with Crippen LogP contribution in [0, 0.1) is 0 Å². The van der Waals surface area contributed by atoms with Crippen LogP contribution in [-0.2, 0) is 0 Å². The molecule has 160 valence electrons. The lowest BCUT2D eigenvalue weighted by Crippen LogP contribution is -2.27. The largest absolute Gasteiger partial charge is 0.371 e. The van der Waals surface area contributed by atoms with Crippen molar-refractivity contribution in [1.82, 2.24) is 4.98 Å². The van der Waals surface area contributed by atoms with Crippen LogP contribution < -0.4 is 9.80 Å². The summed E-state index contributed by atoms with van der Waals surface area (Å²) in [6.45, 7) is 13.4. The molecule has 0 radical (unpaired) electrons. The molecule has 3 aromatic rings. The molecule has 0 unspecified atom stereocenters. The maximum absolute atomic E-state index is 4.99. The Kier molecular flexibility index (Phi) is 8.12. The number of anilines is 2. The van der Waals surface area contributed by atoms with Gasteiger partial charge >= 0.3 is 0 Å². The second kappa shape index (κ2) is 11.0. The van der Waals surface area contributed by atoms with Gasteiger partial charge in [0.15, 0.2) is 0 Å². The Hall–Kier alpha value is -2.55. The number of benzene rings is 2. The Morgan fingerprint density at radius 1 is 0.633 bits per heavy atom. The standard InChI is InChI=1S/C27H37N3/c1-5-15-29(16-6-2)24-19-23(20-25(21-24)30(17-7-3)18-8-4)27-14-13-22-11-9-10-12-26(22)28-27/h9-14,19-21H,5-8,15-18H2,1-4H3. The van der Waals surface area contributed by atoms with Gasteiger partial charge in [-0.3, -0.25) is 0 Å². The third-order valence-corrected chi connectivity index (χ3v) is 5.50. The first-order valence-corrected chi connectivity index (χ1v) is 11.7. The molecule has 3 rings (SSSR count). The predicted molar refractivity (Wildman–Crippen MR) is 133 cm³/mol. The van der Waals surface area contributed by atoms with E-state index in [9.17, 15) is 0 Å². The number of para-hydroxylation sites is 1. The highest BCUT2D eigenvalue weighted by Gasteiger charge is 2.14. The average molecular weight is 404 g/mol. The Labute approximate surface area is 182 Å². The molecule has 0 aliphatic heterocycles. The summed E-state index contributed by atoms with van der Waals surface area (Å²) in [5.74, 6) is 0. The highest BCUT2D eigenvalue weighted by atomic mass is 15.1. The smallest absolute Gasteiger partial charge is 0.0711 e. The molecular weight excluding hydrogens is 366 g/mol. The van der Waals surface area contributed by atoms with Crippen LogP contribution in [0.1, 0.15) is 53.4 Å². The molecule has 0 saturated heterocycles. The second-order valence-corrected chi connectivity index (χ2v) is 8.10. The van der Waals surface area contributed by atoms with Gasteiger partial charge in [-0.15, -0.1) is 0 Å². The Balaban J connectivity index is 2.11. The van der Waals surface area contributed by atoms with E-state index in [0.29, 0.717) is 0 Å². The molecule has 0 N–H and O–H groups in total. The molecule has 0 bridgehead atoms. The molecule has 2 aromatic carbocycles. The van der Waals surface area contributed by atoms with Crippen molar-refractivity contribution in [2.24, 2.45) is 0 Å². The van der Waals surface area contributed by atoms with E-state index in [1.165, 1.54) is 22.3 Å². The van der Waals surface area contributed by atoms with Gasteiger partial charge < -0.3 is 9.80 Å². The van der Waals surface area contributed by atoms with Gasteiger partial charge in [0.25, 0.3) is 0 Å². The monoisotopic (exact) mass is 403 g/mol. The maximum atomic E-state index is 4.99. The molecular formula is C27H37N3. The molecule has 0 atom stereocenters. The summed E-state index contributed by atoms with van der Waals surface area (Å²) in [5.41, 5.74) is 5.96. The fraction of sp³-hybridized carbons (Fsp3) is 0.444. The van der Waals surface area contributed by atoms with Crippen molar-refractivity contribution in [1.29, 1.82) is 0 Å². The number of hydrogen-bond acceptors (Lipinski definition) is 3. The maximum Gasteiger partial charge on any atom is 0.0711 e. The van der Waals surface area contributed by atoms with Crippen LogP contribution in [0.2, 0.25) is 0 Å². The number of hydrogen-bond donors (Lipinski definition) is 0. The van der Waals surface area contributed by atoms with E-state index in [2.05, 4.69) is 92.1 Å². The Bertz CT molecular complexity index is 888. The Morgan fingerprint density at radius 3 is 1.70 bits per heavy atom. The molecule has 0 fully saturated rings. The minimum atomic E-state index is 1.05. The van der Waals surface area contributed by atoms with Gasteiger partial charge in [-0.1, -0.05) is 52.0 Å². The minimum Gasteiger partial charge on any atom is -0.371 e. The van der Waals surface area contributed by atoms with Gasteiger partial charge in [-0.25, -0.2) is 4.98 Å². The summed E-state index contributed by atoms with van der Waals surface area (Å²) < 4.78 is 0. The van der Waals surface area contributed by atoms with Gasteiger partial charge in [0.1, 0.15) is 0 Å². The van der Waals surface area contributed by atoms with Crippen molar-refractivity contribution in [3.63, 3.8) is 0 Å². The molecule has 0 amide bonds. The van der Waals surface area contributed by atoms with E-state index < -0.39 is 0 Å². The number of aromatic nitrogens is 1. The average Bonchev–Trinajstić information content (AvgIpc) is 2.78. The molecule has 30 heavy (non-hydrogen) atoms. The van der Waals surface area contributed by atoms with Crippen LogP contribution >= 0.6 is 0 Å². The Morgan fingerprint density at radius 2 is 1.17 bits per heavy atom. The lowest BCUT2D eigenvalue weighted by atomic mass is 10.1. The summed E-state index contributed by atoms with van der Waals surface area (Å²) >= 11 is 0. The van der Waals surface area contributed by atoms with Crippen molar-refractivity contribution in [3.8, 4) is 11.3 Å². The first-order chi connectivity index (χ1) is 14.7. The SMILES string of the molecule is CCCN(CCC)c1cc(-c2ccc3ccccc3n2)cc(N(CCC)CCC)c1. The first-order valence-electron chi connectivity index (χ1n) is 11.7. The van der Waals surface area contributed by atoms with E-state index in [4.69, 9.17) is 4.98 Å².